The summed E-state index contributed by atoms with van der Waals surface area (Å²) in [7, 11) is 0. The van der Waals surface area contributed by atoms with Crippen LogP contribution < -0.4 is 37.6 Å². The summed E-state index contributed by atoms with van der Waals surface area (Å²) in [6.07, 6.45) is -29.9. The molecule has 0 aliphatic carbocycles. The molecule has 0 bridgehead atoms. The summed E-state index contributed by atoms with van der Waals surface area (Å²) in [6.45, 7) is 5.45. The first-order valence-electron chi connectivity index (χ1n) is 33.5. The largest absolute Gasteiger partial charge is 0.388 e. The predicted octanol–water partition coefficient (Wildman–Crippen LogP) is -7.43. The normalized spacial score (nSPS) is 31.5. The second-order valence-electron chi connectivity index (χ2n) is 25.3. The van der Waals surface area contributed by atoms with Crippen molar-refractivity contribution < 1.29 is 142 Å². The van der Waals surface area contributed by atoms with Gasteiger partial charge in [0.2, 0.25) is 35.4 Å². The maximum Gasteiger partial charge on any atom is 0.224 e. The predicted molar refractivity (Wildman–Crippen MR) is 335 cm³/mol. The first kappa shape index (κ1) is 85.4. The Morgan fingerprint density at radius 3 is 1.11 bits per heavy atom. The van der Waals surface area contributed by atoms with Crippen LogP contribution in [-0.2, 0) is 81.0 Å². The van der Waals surface area contributed by atoms with Crippen molar-refractivity contribution in [3.8, 4) is 0 Å². The van der Waals surface area contributed by atoms with Gasteiger partial charge < -0.3 is 137 Å². The van der Waals surface area contributed by atoms with Crippen molar-refractivity contribution in [3.63, 3.8) is 0 Å². The number of nitrogens with one attached hydrogen (secondary N) is 6. The molecule has 4 fully saturated rings. The number of Topliss-reactive ketones (excluding diaryl/α,β-unsaturated/α-hetero) is 3. The van der Waals surface area contributed by atoms with E-state index < -0.39 is 232 Å². The van der Waals surface area contributed by atoms with Crippen molar-refractivity contribution in [1.29, 1.82) is 0 Å². The van der Waals surface area contributed by atoms with Crippen LogP contribution in [0.1, 0.15) is 131 Å². The molecule has 0 unspecified atom stereocenters. The summed E-state index contributed by atoms with van der Waals surface area (Å²) in [4.78, 5) is 123. The third kappa shape index (κ3) is 28.1. The molecule has 0 aromatic heterocycles. The van der Waals surface area contributed by atoms with E-state index in [0.29, 0.717) is 25.8 Å². The monoisotopic (exact) mass is 1410 g/mol. The maximum atomic E-state index is 14.8. The molecule has 4 heterocycles. The van der Waals surface area contributed by atoms with Gasteiger partial charge in [-0.3, -0.25) is 43.2 Å². The first-order chi connectivity index (χ1) is 46.4. The second-order valence-corrected chi connectivity index (χ2v) is 25.3. The zero-order valence-corrected chi connectivity index (χ0v) is 56.2. The standard InChI is InChI=1S/C62H107N7O29/c1-30(70)38(11-8-9-19-63)68-44(76)12-7-6-10-37(71)28-35(13-16-41(73)64-20-24-91-59-53(85)49(81)45(77)31(2)95-59)58(90)69-39(15-18-43(75)66-22-26-93-61-55(87)51(83)47(79)33(4)97-61)40(72)29-36(57(89)67-23-27-94-62-56(88)52(84)48(80)34(5)98-62)14-17-42(74)65-21-25-92-60-54(86)50(82)46(78)32(3)96-60/h31-36,38-39,45-56,59-62,77-88H,6-29,63H2,1-5H3,(H,64,73)(H,65,74)(H,66,75)(H,67,89)(H,68,76)(H,69,90)/t31-,32-,33-,34-,35+,36+,38-,39-,45+,46+,47+,48+,49+,50+,51+,52+,53-,54-,55-,56-,59+,60+,61+,62+/m0/s1. The highest BCUT2D eigenvalue weighted by molar-refractivity contribution is 5.95. The molecule has 20 N–H and O–H groups in total. The van der Waals surface area contributed by atoms with Crippen LogP contribution in [0.3, 0.4) is 0 Å². The van der Waals surface area contributed by atoms with E-state index in [1.165, 1.54) is 34.6 Å². The van der Waals surface area contributed by atoms with E-state index in [-0.39, 0.29) is 96.9 Å². The van der Waals surface area contributed by atoms with Gasteiger partial charge in [0.05, 0.1) is 62.9 Å². The topological polar surface area (TPSA) is 568 Å². The summed E-state index contributed by atoms with van der Waals surface area (Å²) in [5.74, 6) is -8.54. The summed E-state index contributed by atoms with van der Waals surface area (Å²) < 4.78 is 43.8. The fraction of sp³-hybridized carbons (Fsp3) is 0.855. The SMILES string of the molecule is CC(=O)[C@H](CCCCN)NC(=O)CCCCC(=O)C[C@@H](CCC(=O)NCCO[C@@H]1O[C@@H](C)[C@@H](O)[C@@H](O)[C@@H]1O)C(=O)N[C@@H](CCC(=O)NCCO[C@@H]1O[C@@H](C)[C@@H](O)[C@@H](O)[C@@H]1O)C(=O)C[C@@H](CCC(=O)NCCO[C@@H]1O[C@@H](C)[C@@H](O)[C@@H](O)[C@@H]1O)C(=O)NCCO[C@@H]1O[C@@H](C)[C@@H](O)[C@@H](O)[C@@H]1O. The van der Waals surface area contributed by atoms with Crippen LogP contribution >= 0.6 is 0 Å². The molecular formula is C62H107N7O29. The van der Waals surface area contributed by atoms with E-state index >= 15 is 0 Å². The van der Waals surface area contributed by atoms with E-state index in [4.69, 9.17) is 43.6 Å². The average molecular weight is 1410 g/mol. The van der Waals surface area contributed by atoms with Gasteiger partial charge in [-0.1, -0.05) is 0 Å². The summed E-state index contributed by atoms with van der Waals surface area (Å²) >= 11 is 0. The Hall–Kier alpha value is -5.01. The molecule has 0 aromatic carbocycles. The molecule has 564 valence electrons. The fourth-order valence-corrected chi connectivity index (χ4v) is 11.1. The minimum Gasteiger partial charge on any atom is -0.388 e. The molecule has 4 aliphatic rings. The zero-order valence-electron chi connectivity index (χ0n) is 56.2. The number of rotatable bonds is 44. The summed E-state index contributed by atoms with van der Waals surface area (Å²) in [5, 5.41) is 138. The Morgan fingerprint density at radius 2 is 0.735 bits per heavy atom. The van der Waals surface area contributed by atoms with Crippen molar-refractivity contribution in [1.82, 2.24) is 31.9 Å². The van der Waals surface area contributed by atoms with Gasteiger partial charge in [-0.05, 0) is 92.5 Å². The highest BCUT2D eigenvalue weighted by Crippen LogP contribution is 2.26. The lowest BCUT2D eigenvalue weighted by molar-refractivity contribution is -0.292. The first-order valence-corrected chi connectivity index (χ1v) is 33.5. The molecule has 0 radical (unpaired) electrons. The van der Waals surface area contributed by atoms with Crippen LogP contribution in [0.2, 0.25) is 0 Å². The number of aliphatic hydroxyl groups excluding tert-OH is 12. The van der Waals surface area contributed by atoms with Gasteiger partial charge in [0.15, 0.2) is 36.7 Å². The summed E-state index contributed by atoms with van der Waals surface area (Å²) in [5.41, 5.74) is 5.58. The average Bonchev–Trinajstić information content (AvgIpc) is 0.856. The number of carbonyl (C=O) groups excluding carboxylic acids is 9. The molecule has 36 heteroatoms. The van der Waals surface area contributed by atoms with Crippen molar-refractivity contribution in [2.24, 2.45) is 17.6 Å². The third-order valence-corrected chi connectivity index (χ3v) is 17.4. The van der Waals surface area contributed by atoms with Crippen LogP contribution in [0, 0.1) is 11.8 Å². The molecule has 0 saturated carbocycles. The van der Waals surface area contributed by atoms with Gasteiger partial charge in [-0.25, -0.2) is 0 Å². The Bertz CT molecular complexity index is 2500. The Morgan fingerprint density at radius 1 is 0.378 bits per heavy atom. The number of ketones is 3. The number of hydrogen-bond donors (Lipinski definition) is 19. The highest BCUT2D eigenvalue weighted by atomic mass is 16.7. The number of ether oxygens (including phenoxy) is 8. The molecule has 4 aliphatic heterocycles. The summed E-state index contributed by atoms with van der Waals surface area (Å²) in [6, 6.07) is -2.35. The minimum atomic E-state index is -1.69. The molecule has 0 spiro atoms. The molecule has 6 amide bonds. The van der Waals surface area contributed by atoms with Crippen LogP contribution in [0.25, 0.3) is 0 Å². The van der Waals surface area contributed by atoms with Crippen LogP contribution in [0.4, 0.5) is 0 Å². The lowest BCUT2D eigenvalue weighted by Gasteiger charge is -2.38. The molecule has 0 aromatic rings. The number of nitrogens with two attached hydrogens (primary N) is 1. The lowest BCUT2D eigenvalue weighted by Crippen LogP contribution is -2.57. The third-order valence-electron chi connectivity index (χ3n) is 17.4. The highest BCUT2D eigenvalue weighted by Gasteiger charge is 2.46. The van der Waals surface area contributed by atoms with Crippen molar-refractivity contribution >= 4 is 52.8 Å². The number of unbranched alkanes of at least 4 members (excludes halogenated alkanes) is 2. The Labute approximate surface area is 568 Å². The van der Waals surface area contributed by atoms with Gasteiger partial charge in [0.25, 0.3) is 0 Å². The van der Waals surface area contributed by atoms with E-state index in [2.05, 4.69) is 31.9 Å². The number of aliphatic hydroxyl groups is 12. The molecule has 4 rings (SSSR count). The minimum absolute atomic E-state index is 0.0466. The lowest BCUT2D eigenvalue weighted by atomic mass is 9.90. The smallest absolute Gasteiger partial charge is 0.224 e. The van der Waals surface area contributed by atoms with E-state index in [0.717, 1.165) is 0 Å². The zero-order chi connectivity index (χ0) is 72.9. The van der Waals surface area contributed by atoms with Gasteiger partial charge in [-0.2, -0.15) is 0 Å². The Kier molecular flexibility index (Phi) is 38.1. The van der Waals surface area contributed by atoms with Crippen LogP contribution in [-0.4, -0.2) is 308 Å². The van der Waals surface area contributed by atoms with Crippen molar-refractivity contribution in [3.05, 3.63) is 0 Å². The Balaban J connectivity index is 1.55. The van der Waals surface area contributed by atoms with Crippen LogP contribution in [0.5, 0.6) is 0 Å². The number of hydrogen-bond acceptors (Lipinski definition) is 30. The molecule has 24 atom stereocenters. The van der Waals surface area contributed by atoms with Gasteiger partial charge in [-0.15, -0.1) is 0 Å². The van der Waals surface area contributed by atoms with Gasteiger partial charge in [0.1, 0.15) is 79.0 Å². The van der Waals surface area contributed by atoms with Gasteiger partial charge >= 0.3 is 0 Å². The second kappa shape index (κ2) is 43.7. The fourth-order valence-electron chi connectivity index (χ4n) is 11.1. The van der Waals surface area contributed by atoms with Crippen molar-refractivity contribution in [2.45, 2.75) is 266 Å². The van der Waals surface area contributed by atoms with E-state index in [9.17, 15) is 104 Å². The number of carbonyl (C=O) groups is 9. The van der Waals surface area contributed by atoms with E-state index in [1.807, 2.05) is 0 Å². The quantitative estimate of drug-likeness (QED) is 0.0252. The van der Waals surface area contributed by atoms with E-state index in [1.54, 1.807) is 0 Å². The van der Waals surface area contributed by atoms with Crippen LogP contribution in [0.15, 0.2) is 0 Å². The number of amides is 6. The van der Waals surface area contributed by atoms with Crippen molar-refractivity contribution in [2.75, 3.05) is 59.2 Å². The molecule has 36 nitrogen and oxygen atoms in total. The molecule has 4 saturated heterocycles. The molecule has 98 heavy (non-hydrogen) atoms. The molecular weight excluding hydrogens is 1310 g/mol. The van der Waals surface area contributed by atoms with Gasteiger partial charge in [0, 0.05) is 83.0 Å². The maximum absolute atomic E-state index is 14.8.